The van der Waals surface area contributed by atoms with Gasteiger partial charge in [-0.2, -0.15) is 0 Å². The van der Waals surface area contributed by atoms with Crippen LogP contribution in [0.5, 0.6) is 0 Å². The topological polar surface area (TPSA) is 38.8 Å². The lowest BCUT2D eigenvalue weighted by molar-refractivity contribution is -0.546. The molecule has 0 spiro atoms. The molecule has 88 valence electrons. The Bertz CT molecular complexity index is 529. The fraction of sp³-hybridized carbons (Fsp3) is 0.462. The van der Waals surface area contributed by atoms with Crippen molar-refractivity contribution < 1.29 is 14.6 Å². The molecular weight excluding hydrogens is 218 g/mol. The highest BCUT2D eigenvalue weighted by Gasteiger charge is 2.76. The van der Waals surface area contributed by atoms with Crippen molar-refractivity contribution in [2.24, 2.45) is 0 Å². The van der Waals surface area contributed by atoms with Crippen LogP contribution < -0.4 is 4.90 Å². The monoisotopic (exact) mass is 231 g/mol. The highest BCUT2D eigenvalue weighted by molar-refractivity contribution is 5.96. The van der Waals surface area contributed by atoms with Crippen LogP contribution in [0.1, 0.15) is 31.7 Å². The fourth-order valence-electron chi connectivity index (χ4n) is 3.64. The molecule has 1 amide bonds. The van der Waals surface area contributed by atoms with E-state index in [0.717, 1.165) is 30.5 Å². The fourth-order valence-corrected chi connectivity index (χ4v) is 3.64. The molecule has 17 heavy (non-hydrogen) atoms. The number of hydrogen-bond donors (Lipinski definition) is 0. The quantitative estimate of drug-likeness (QED) is 0.642. The van der Waals surface area contributed by atoms with E-state index < -0.39 is 11.3 Å². The highest BCUT2D eigenvalue weighted by atomic mass is 17.3. The zero-order valence-corrected chi connectivity index (χ0v) is 9.60. The lowest BCUT2D eigenvalue weighted by atomic mass is 9.87. The van der Waals surface area contributed by atoms with E-state index in [9.17, 15) is 4.79 Å². The van der Waals surface area contributed by atoms with Crippen LogP contribution >= 0.6 is 0 Å². The third kappa shape index (κ3) is 0.808. The number of rotatable bonds is 0. The minimum atomic E-state index is -0.567. The summed E-state index contributed by atoms with van der Waals surface area (Å²) in [5.74, 6) is 0.0181. The van der Waals surface area contributed by atoms with Crippen molar-refractivity contribution in [3.05, 3.63) is 29.8 Å². The van der Waals surface area contributed by atoms with Gasteiger partial charge in [-0.05, 0) is 18.9 Å². The van der Waals surface area contributed by atoms with E-state index in [-0.39, 0.29) is 5.91 Å². The molecule has 1 aliphatic carbocycles. The van der Waals surface area contributed by atoms with Crippen molar-refractivity contribution in [1.29, 1.82) is 0 Å². The number of carbonyl (C=O) groups excluding carboxylic acids is 1. The molecule has 1 saturated heterocycles. The zero-order chi connectivity index (χ0) is 11.7. The van der Waals surface area contributed by atoms with Gasteiger partial charge in [-0.3, -0.25) is 9.69 Å². The number of anilines is 1. The summed E-state index contributed by atoms with van der Waals surface area (Å²) in [7, 11) is 0. The highest BCUT2D eigenvalue weighted by Crippen LogP contribution is 2.67. The van der Waals surface area contributed by atoms with Crippen molar-refractivity contribution in [1.82, 2.24) is 0 Å². The van der Waals surface area contributed by atoms with E-state index in [1.54, 1.807) is 11.8 Å². The molecule has 1 aromatic carbocycles. The molecular formula is C13H13NO3. The Morgan fingerprint density at radius 3 is 2.82 bits per heavy atom. The molecule has 2 heterocycles. The molecule has 1 saturated carbocycles. The van der Waals surface area contributed by atoms with E-state index in [1.165, 1.54) is 0 Å². The van der Waals surface area contributed by atoms with Crippen molar-refractivity contribution in [2.45, 2.75) is 37.5 Å². The van der Waals surface area contributed by atoms with Gasteiger partial charge < -0.3 is 0 Å². The Kier molecular flexibility index (Phi) is 1.53. The van der Waals surface area contributed by atoms with E-state index in [4.69, 9.17) is 9.78 Å². The van der Waals surface area contributed by atoms with Crippen LogP contribution in [0.2, 0.25) is 0 Å². The average molecular weight is 231 g/mol. The van der Waals surface area contributed by atoms with Gasteiger partial charge >= 0.3 is 0 Å². The molecule has 0 bridgehead atoms. The summed E-state index contributed by atoms with van der Waals surface area (Å²) in [4.78, 5) is 24.6. The van der Waals surface area contributed by atoms with E-state index >= 15 is 0 Å². The number of fused-ring (bicyclic) bond motifs is 1. The second kappa shape index (κ2) is 2.71. The Labute approximate surface area is 99.0 Å². The van der Waals surface area contributed by atoms with Gasteiger partial charge in [-0.25, -0.2) is 9.78 Å². The Morgan fingerprint density at radius 1 is 1.29 bits per heavy atom. The lowest BCUT2D eigenvalue weighted by Gasteiger charge is -2.50. The normalized spacial score (nSPS) is 37.1. The summed E-state index contributed by atoms with van der Waals surface area (Å²) in [6, 6.07) is 7.95. The first kappa shape index (κ1) is 9.62. The zero-order valence-electron chi connectivity index (χ0n) is 9.60. The van der Waals surface area contributed by atoms with Gasteiger partial charge in [-0.15, -0.1) is 0 Å². The second-order valence-electron chi connectivity index (χ2n) is 5.00. The number of benzene rings is 1. The van der Waals surface area contributed by atoms with Crippen LogP contribution in [-0.2, 0) is 20.2 Å². The van der Waals surface area contributed by atoms with Crippen LogP contribution in [0.4, 0.5) is 5.69 Å². The number of hydrogen-bond acceptors (Lipinski definition) is 3. The summed E-state index contributed by atoms with van der Waals surface area (Å²) in [6.45, 7) is 1.58. The van der Waals surface area contributed by atoms with E-state index in [1.807, 2.05) is 24.3 Å². The van der Waals surface area contributed by atoms with E-state index in [2.05, 4.69) is 0 Å². The van der Waals surface area contributed by atoms with Crippen molar-refractivity contribution in [3.8, 4) is 0 Å². The SMILES string of the molecule is CC(=O)N1c2ccccc2C23CCCC12OO3. The second-order valence-corrected chi connectivity index (χ2v) is 5.00. The molecule has 0 N–H and O–H groups in total. The first-order valence-corrected chi connectivity index (χ1v) is 5.98. The molecule has 4 rings (SSSR count). The smallest absolute Gasteiger partial charge is 0.226 e. The van der Waals surface area contributed by atoms with Gasteiger partial charge in [0.2, 0.25) is 11.6 Å². The van der Waals surface area contributed by atoms with Gasteiger partial charge in [0.15, 0.2) is 5.60 Å². The molecule has 4 heteroatoms. The average Bonchev–Trinajstić information content (AvgIpc) is 2.60. The van der Waals surface area contributed by atoms with Crippen LogP contribution in [0.3, 0.4) is 0 Å². The Hall–Kier alpha value is -1.39. The third-order valence-corrected chi connectivity index (χ3v) is 4.25. The molecule has 2 atom stereocenters. The van der Waals surface area contributed by atoms with E-state index in [0.29, 0.717) is 0 Å². The summed E-state index contributed by atoms with van der Waals surface area (Å²) >= 11 is 0. The predicted molar refractivity (Wildman–Crippen MR) is 60.0 cm³/mol. The van der Waals surface area contributed by atoms with Gasteiger partial charge in [0.1, 0.15) is 0 Å². The summed E-state index contributed by atoms with van der Waals surface area (Å²) < 4.78 is 0. The van der Waals surface area contributed by atoms with Gasteiger partial charge in [0.25, 0.3) is 0 Å². The Balaban J connectivity index is 2.01. The van der Waals surface area contributed by atoms with Crippen LogP contribution in [0, 0.1) is 0 Å². The molecule has 1 aromatic rings. The molecule has 3 aliphatic rings. The number of para-hydroxylation sites is 1. The number of nitrogens with zero attached hydrogens (tertiary/aromatic N) is 1. The largest absolute Gasteiger partial charge is 0.277 e. The maximum Gasteiger partial charge on any atom is 0.226 e. The maximum atomic E-state index is 11.9. The molecule has 2 fully saturated rings. The first-order chi connectivity index (χ1) is 8.21. The maximum absolute atomic E-state index is 11.9. The van der Waals surface area contributed by atoms with Crippen LogP contribution in [0.25, 0.3) is 0 Å². The number of amides is 1. The van der Waals surface area contributed by atoms with Gasteiger partial charge in [0, 0.05) is 18.9 Å². The minimum Gasteiger partial charge on any atom is -0.277 e. The molecule has 0 aromatic heterocycles. The minimum absolute atomic E-state index is 0.0181. The molecule has 4 nitrogen and oxygen atoms in total. The first-order valence-electron chi connectivity index (χ1n) is 5.98. The third-order valence-electron chi connectivity index (χ3n) is 4.25. The van der Waals surface area contributed by atoms with Crippen molar-refractivity contribution >= 4 is 11.6 Å². The van der Waals surface area contributed by atoms with Crippen molar-refractivity contribution in [3.63, 3.8) is 0 Å². The van der Waals surface area contributed by atoms with Crippen molar-refractivity contribution in [2.75, 3.05) is 4.90 Å². The number of carbonyl (C=O) groups is 1. The van der Waals surface area contributed by atoms with Crippen LogP contribution in [-0.4, -0.2) is 11.6 Å². The Morgan fingerprint density at radius 2 is 2.12 bits per heavy atom. The summed E-state index contributed by atoms with van der Waals surface area (Å²) in [6.07, 6.45) is 2.80. The molecule has 0 radical (unpaired) electrons. The van der Waals surface area contributed by atoms with Gasteiger partial charge in [0.05, 0.1) is 5.69 Å². The molecule has 2 aliphatic heterocycles. The summed E-state index contributed by atoms with van der Waals surface area (Å²) in [5, 5.41) is 0. The van der Waals surface area contributed by atoms with Crippen LogP contribution in [0.15, 0.2) is 24.3 Å². The van der Waals surface area contributed by atoms with Gasteiger partial charge in [-0.1, -0.05) is 18.2 Å². The lowest BCUT2D eigenvalue weighted by Crippen LogP contribution is -2.67. The molecule has 2 unspecified atom stereocenters. The summed E-state index contributed by atoms with van der Waals surface area (Å²) in [5.41, 5.74) is 1.06. The standard InChI is InChI=1S/C13H13NO3/c1-9(15)14-11-6-3-2-5-10(11)12-7-4-8-13(12,14)17-16-12/h2-3,5-6H,4,7-8H2,1H3. The predicted octanol–water partition coefficient (Wildman–Crippen LogP) is 2.09.